The lowest BCUT2D eigenvalue weighted by atomic mass is 10.2. The molecule has 0 heterocycles. The van der Waals surface area contributed by atoms with Crippen LogP contribution in [-0.4, -0.2) is 14.2 Å². The van der Waals surface area contributed by atoms with Crippen LogP contribution in [-0.2, 0) is 0 Å². The summed E-state index contributed by atoms with van der Waals surface area (Å²) in [5, 5.41) is 0. The smallest absolute Gasteiger partial charge is 0.161 e. The molecule has 0 radical (unpaired) electrons. The third-order valence-corrected chi connectivity index (χ3v) is 1.83. The molecule has 0 aliphatic rings. The first kappa shape index (κ1) is 10.4. The van der Waals surface area contributed by atoms with E-state index in [9.17, 15) is 0 Å². The van der Waals surface area contributed by atoms with Gasteiger partial charge in [-0.15, -0.1) is 0 Å². The van der Waals surface area contributed by atoms with Crippen molar-refractivity contribution in [2.75, 3.05) is 14.2 Å². The molecule has 2 heteroatoms. The second kappa shape index (κ2) is 5.12. The standard InChI is InChI=1S/C12H14O2/c1-4-5-6-10-7-8-11(13-2)12(9-10)14-3/h4-9H,1H2,2-3H3/b6-5+. The van der Waals surface area contributed by atoms with Crippen molar-refractivity contribution in [2.24, 2.45) is 0 Å². The van der Waals surface area contributed by atoms with Gasteiger partial charge >= 0.3 is 0 Å². The number of rotatable bonds is 4. The highest BCUT2D eigenvalue weighted by molar-refractivity contribution is 5.56. The van der Waals surface area contributed by atoms with Crippen molar-refractivity contribution in [2.45, 2.75) is 0 Å². The lowest BCUT2D eigenvalue weighted by Gasteiger charge is -2.07. The first-order valence-electron chi connectivity index (χ1n) is 4.33. The first-order chi connectivity index (χ1) is 6.81. The van der Waals surface area contributed by atoms with Crippen LogP contribution in [0.3, 0.4) is 0 Å². The van der Waals surface area contributed by atoms with Crippen LogP contribution < -0.4 is 9.47 Å². The van der Waals surface area contributed by atoms with Gasteiger partial charge in [-0.05, 0) is 17.7 Å². The van der Waals surface area contributed by atoms with Crippen LogP contribution in [0.15, 0.2) is 36.9 Å². The summed E-state index contributed by atoms with van der Waals surface area (Å²) in [7, 11) is 3.25. The minimum absolute atomic E-state index is 0.735. The Morgan fingerprint density at radius 2 is 1.86 bits per heavy atom. The zero-order valence-electron chi connectivity index (χ0n) is 8.49. The second-order valence-electron chi connectivity index (χ2n) is 2.71. The van der Waals surface area contributed by atoms with Crippen molar-refractivity contribution >= 4 is 6.08 Å². The highest BCUT2D eigenvalue weighted by atomic mass is 16.5. The molecule has 0 amide bonds. The van der Waals surface area contributed by atoms with Crippen LogP contribution >= 0.6 is 0 Å². The van der Waals surface area contributed by atoms with Gasteiger partial charge in [0.05, 0.1) is 14.2 Å². The molecule has 2 nitrogen and oxygen atoms in total. The van der Waals surface area contributed by atoms with Gasteiger partial charge in [-0.3, -0.25) is 0 Å². The maximum atomic E-state index is 5.17. The predicted octanol–water partition coefficient (Wildman–Crippen LogP) is 2.90. The molecule has 0 bridgehead atoms. The average Bonchev–Trinajstić information content (AvgIpc) is 2.25. The zero-order chi connectivity index (χ0) is 10.4. The van der Waals surface area contributed by atoms with E-state index in [-0.39, 0.29) is 0 Å². The zero-order valence-corrected chi connectivity index (χ0v) is 8.49. The highest BCUT2D eigenvalue weighted by Gasteiger charge is 2.01. The van der Waals surface area contributed by atoms with Crippen LogP contribution in [0.25, 0.3) is 6.08 Å². The molecule has 0 aliphatic heterocycles. The molecule has 0 saturated carbocycles. The molecular formula is C12H14O2. The van der Waals surface area contributed by atoms with Crippen LogP contribution in [0.2, 0.25) is 0 Å². The maximum Gasteiger partial charge on any atom is 0.161 e. The molecule has 0 saturated heterocycles. The summed E-state index contributed by atoms with van der Waals surface area (Å²) in [6.45, 7) is 3.61. The van der Waals surface area contributed by atoms with Crippen molar-refractivity contribution in [3.8, 4) is 11.5 Å². The summed E-state index contributed by atoms with van der Waals surface area (Å²) < 4.78 is 10.3. The van der Waals surface area contributed by atoms with E-state index in [1.807, 2.05) is 30.4 Å². The number of hydrogen-bond donors (Lipinski definition) is 0. The third kappa shape index (κ3) is 2.39. The molecule has 0 aliphatic carbocycles. The van der Waals surface area contributed by atoms with Gasteiger partial charge in [0.1, 0.15) is 0 Å². The normalized spacial score (nSPS) is 10.1. The number of allylic oxidation sites excluding steroid dienone is 2. The minimum atomic E-state index is 0.735. The van der Waals surface area contributed by atoms with Gasteiger partial charge in [0.15, 0.2) is 11.5 Å². The summed E-state index contributed by atoms with van der Waals surface area (Å²) in [6.07, 6.45) is 5.56. The van der Waals surface area contributed by atoms with Crippen molar-refractivity contribution < 1.29 is 9.47 Å². The van der Waals surface area contributed by atoms with Gasteiger partial charge in [0.2, 0.25) is 0 Å². The average molecular weight is 190 g/mol. The SMILES string of the molecule is C=C/C=C/c1ccc(OC)c(OC)c1. The van der Waals surface area contributed by atoms with Crippen LogP contribution in [0, 0.1) is 0 Å². The van der Waals surface area contributed by atoms with Gasteiger partial charge in [-0.1, -0.05) is 30.9 Å². The Morgan fingerprint density at radius 3 is 2.43 bits per heavy atom. The van der Waals surface area contributed by atoms with Crippen LogP contribution in [0.5, 0.6) is 11.5 Å². The summed E-state index contributed by atoms with van der Waals surface area (Å²) in [4.78, 5) is 0. The van der Waals surface area contributed by atoms with E-state index in [4.69, 9.17) is 9.47 Å². The molecule has 0 spiro atoms. The molecule has 1 aromatic carbocycles. The van der Waals surface area contributed by atoms with E-state index in [0.717, 1.165) is 17.1 Å². The lowest BCUT2D eigenvalue weighted by molar-refractivity contribution is 0.355. The third-order valence-electron chi connectivity index (χ3n) is 1.83. The Bertz CT molecular complexity index is 340. The molecule has 74 valence electrons. The number of benzene rings is 1. The fourth-order valence-electron chi connectivity index (χ4n) is 1.14. The first-order valence-corrected chi connectivity index (χ1v) is 4.33. The van der Waals surface area contributed by atoms with Gasteiger partial charge < -0.3 is 9.47 Å². The lowest BCUT2D eigenvalue weighted by Crippen LogP contribution is -1.90. The summed E-state index contributed by atoms with van der Waals surface area (Å²) in [5.41, 5.74) is 1.06. The fourth-order valence-corrected chi connectivity index (χ4v) is 1.14. The number of ether oxygens (including phenoxy) is 2. The Hall–Kier alpha value is -1.70. The van der Waals surface area contributed by atoms with Crippen LogP contribution in [0.4, 0.5) is 0 Å². The van der Waals surface area contributed by atoms with E-state index in [1.54, 1.807) is 20.3 Å². The molecule has 1 aromatic rings. The van der Waals surface area contributed by atoms with Gasteiger partial charge in [0.25, 0.3) is 0 Å². The monoisotopic (exact) mass is 190 g/mol. The largest absolute Gasteiger partial charge is 0.493 e. The molecule has 14 heavy (non-hydrogen) atoms. The van der Waals surface area contributed by atoms with E-state index in [1.165, 1.54) is 0 Å². The highest BCUT2D eigenvalue weighted by Crippen LogP contribution is 2.27. The molecule has 0 N–H and O–H groups in total. The van der Waals surface area contributed by atoms with E-state index >= 15 is 0 Å². The summed E-state index contributed by atoms with van der Waals surface area (Å²) in [6, 6.07) is 5.75. The van der Waals surface area contributed by atoms with Gasteiger partial charge in [-0.25, -0.2) is 0 Å². The van der Waals surface area contributed by atoms with Crippen molar-refractivity contribution in [1.82, 2.24) is 0 Å². The van der Waals surface area contributed by atoms with Crippen LogP contribution in [0.1, 0.15) is 5.56 Å². The molecular weight excluding hydrogens is 176 g/mol. The Balaban J connectivity index is 3.00. The van der Waals surface area contributed by atoms with Crippen molar-refractivity contribution in [1.29, 1.82) is 0 Å². The molecule has 1 rings (SSSR count). The number of methoxy groups -OCH3 is 2. The van der Waals surface area contributed by atoms with E-state index < -0.39 is 0 Å². The van der Waals surface area contributed by atoms with E-state index in [2.05, 4.69) is 6.58 Å². The minimum Gasteiger partial charge on any atom is -0.493 e. The molecule has 0 atom stereocenters. The quantitative estimate of drug-likeness (QED) is 0.680. The number of hydrogen-bond acceptors (Lipinski definition) is 2. The predicted molar refractivity (Wildman–Crippen MR) is 58.8 cm³/mol. The summed E-state index contributed by atoms with van der Waals surface area (Å²) >= 11 is 0. The Kier molecular flexibility index (Phi) is 3.80. The Morgan fingerprint density at radius 1 is 1.14 bits per heavy atom. The second-order valence-corrected chi connectivity index (χ2v) is 2.71. The molecule has 0 fully saturated rings. The van der Waals surface area contributed by atoms with Crippen molar-refractivity contribution in [3.05, 3.63) is 42.5 Å². The van der Waals surface area contributed by atoms with E-state index in [0.29, 0.717) is 0 Å². The summed E-state index contributed by atoms with van der Waals surface area (Å²) in [5.74, 6) is 1.47. The molecule has 0 aromatic heterocycles. The fraction of sp³-hybridized carbons (Fsp3) is 0.167. The maximum absolute atomic E-state index is 5.17. The van der Waals surface area contributed by atoms with Crippen molar-refractivity contribution in [3.63, 3.8) is 0 Å². The van der Waals surface area contributed by atoms with Gasteiger partial charge in [0, 0.05) is 0 Å². The Labute approximate surface area is 84.5 Å². The van der Waals surface area contributed by atoms with Gasteiger partial charge in [-0.2, -0.15) is 0 Å². The topological polar surface area (TPSA) is 18.5 Å². The molecule has 0 unspecified atom stereocenters.